The molecule has 0 bridgehead atoms. The Bertz CT molecular complexity index is 826. The predicted octanol–water partition coefficient (Wildman–Crippen LogP) is 4.97. The van der Waals surface area contributed by atoms with Crippen LogP contribution in [0.1, 0.15) is 5.56 Å². The molecule has 0 aromatic heterocycles. The van der Waals surface area contributed by atoms with Crippen LogP contribution >= 0.6 is 11.6 Å². The molecule has 0 heterocycles. The molecule has 126 valence electrons. The fourth-order valence-electron chi connectivity index (χ4n) is 1.73. The van der Waals surface area contributed by atoms with E-state index < -0.39 is 33.0 Å². The first-order chi connectivity index (χ1) is 11.1. The molecule has 7 nitrogen and oxygen atoms in total. The van der Waals surface area contributed by atoms with Gasteiger partial charge in [0.25, 0.3) is 5.69 Å². The van der Waals surface area contributed by atoms with Crippen LogP contribution in [0.2, 0.25) is 5.02 Å². The summed E-state index contributed by atoms with van der Waals surface area (Å²) in [5, 5.41) is 21.3. The monoisotopic (exact) mass is 362 g/mol. The van der Waals surface area contributed by atoms with Gasteiger partial charge in [-0.15, -0.1) is 0 Å². The molecule has 0 atom stereocenters. The van der Waals surface area contributed by atoms with Crippen molar-refractivity contribution in [2.24, 2.45) is 0 Å². The minimum Gasteiger partial charge on any atom is -0.449 e. The maximum atomic E-state index is 12.6. The van der Waals surface area contributed by atoms with Crippen molar-refractivity contribution in [1.82, 2.24) is 0 Å². The molecule has 0 saturated heterocycles. The van der Waals surface area contributed by atoms with E-state index in [1.807, 2.05) is 0 Å². The summed E-state index contributed by atoms with van der Waals surface area (Å²) in [6.45, 7) is 0. The van der Waals surface area contributed by atoms with Crippen LogP contribution < -0.4 is 4.74 Å². The number of halogens is 4. The van der Waals surface area contributed by atoms with E-state index in [9.17, 15) is 33.4 Å². The Morgan fingerprint density at radius 3 is 2.08 bits per heavy atom. The summed E-state index contributed by atoms with van der Waals surface area (Å²) >= 11 is 5.78. The second-order valence-corrected chi connectivity index (χ2v) is 4.82. The molecule has 2 aromatic carbocycles. The number of rotatable bonds is 4. The summed E-state index contributed by atoms with van der Waals surface area (Å²) in [5.74, 6) is -0.658. The first kappa shape index (κ1) is 17.5. The molecule has 24 heavy (non-hydrogen) atoms. The third-order valence-corrected chi connectivity index (χ3v) is 3.12. The van der Waals surface area contributed by atoms with Crippen LogP contribution in [0.4, 0.5) is 24.5 Å². The molecular formula is C13H6ClF3N2O5. The molecule has 0 unspecified atom stereocenters. The van der Waals surface area contributed by atoms with Gasteiger partial charge >= 0.3 is 11.9 Å². The third kappa shape index (κ3) is 3.71. The Kier molecular flexibility index (Phi) is 4.60. The average Bonchev–Trinajstić information content (AvgIpc) is 2.48. The number of alkyl halides is 3. The van der Waals surface area contributed by atoms with Crippen molar-refractivity contribution in [2.75, 3.05) is 0 Å². The molecule has 0 N–H and O–H groups in total. The molecule has 0 aliphatic carbocycles. The van der Waals surface area contributed by atoms with Gasteiger partial charge in [-0.3, -0.25) is 20.2 Å². The van der Waals surface area contributed by atoms with Crippen molar-refractivity contribution >= 4 is 23.0 Å². The van der Waals surface area contributed by atoms with E-state index in [4.69, 9.17) is 16.3 Å². The summed E-state index contributed by atoms with van der Waals surface area (Å²) < 4.78 is 43.0. The van der Waals surface area contributed by atoms with Gasteiger partial charge < -0.3 is 4.74 Å². The van der Waals surface area contributed by atoms with Crippen LogP contribution in [0.3, 0.4) is 0 Å². The van der Waals surface area contributed by atoms with Crippen molar-refractivity contribution in [3.8, 4) is 11.5 Å². The molecule has 11 heteroatoms. The van der Waals surface area contributed by atoms with Crippen molar-refractivity contribution in [1.29, 1.82) is 0 Å². The maximum Gasteiger partial charge on any atom is 0.416 e. The van der Waals surface area contributed by atoms with Crippen molar-refractivity contribution < 1.29 is 27.8 Å². The topological polar surface area (TPSA) is 95.5 Å². The fraction of sp³-hybridized carbons (Fsp3) is 0.0769. The summed E-state index contributed by atoms with van der Waals surface area (Å²) in [6, 6.07) is 4.79. The van der Waals surface area contributed by atoms with E-state index in [2.05, 4.69) is 0 Å². The minimum absolute atomic E-state index is 0.176. The number of nitro benzene ring substituents is 2. The number of nitro groups is 2. The van der Waals surface area contributed by atoms with Crippen LogP contribution in [0.5, 0.6) is 11.5 Å². The molecular weight excluding hydrogens is 357 g/mol. The maximum absolute atomic E-state index is 12.6. The van der Waals surface area contributed by atoms with Gasteiger partial charge in [0.2, 0.25) is 5.75 Å². The van der Waals surface area contributed by atoms with Crippen LogP contribution in [0.15, 0.2) is 36.4 Å². The lowest BCUT2D eigenvalue weighted by molar-refractivity contribution is -0.385. The van der Waals surface area contributed by atoms with Crippen molar-refractivity contribution in [3.05, 3.63) is 67.2 Å². The second-order valence-electron chi connectivity index (χ2n) is 4.41. The van der Waals surface area contributed by atoms with Gasteiger partial charge in [-0.05, 0) is 18.2 Å². The fourth-order valence-corrected chi connectivity index (χ4v) is 1.94. The summed E-state index contributed by atoms with van der Waals surface area (Å²) in [7, 11) is 0. The van der Waals surface area contributed by atoms with Gasteiger partial charge in [0.05, 0.1) is 20.4 Å². The highest BCUT2D eigenvalue weighted by Gasteiger charge is 2.33. The van der Waals surface area contributed by atoms with Crippen LogP contribution in [0, 0.1) is 20.2 Å². The lowest BCUT2D eigenvalue weighted by atomic mass is 10.2. The Morgan fingerprint density at radius 1 is 0.958 bits per heavy atom. The Morgan fingerprint density at radius 2 is 1.58 bits per heavy atom. The molecule has 0 radical (unpaired) electrons. The Hall–Kier alpha value is -2.88. The zero-order valence-electron chi connectivity index (χ0n) is 11.4. The number of benzene rings is 2. The number of nitrogens with zero attached hydrogens (tertiary/aromatic N) is 2. The molecule has 0 fully saturated rings. The average molecular weight is 363 g/mol. The minimum atomic E-state index is -4.76. The van der Waals surface area contributed by atoms with E-state index in [-0.39, 0.29) is 16.5 Å². The van der Waals surface area contributed by atoms with Crippen LogP contribution in [-0.2, 0) is 6.18 Å². The smallest absolute Gasteiger partial charge is 0.416 e. The lowest BCUT2D eigenvalue weighted by Crippen LogP contribution is -2.06. The number of hydrogen-bond acceptors (Lipinski definition) is 5. The van der Waals surface area contributed by atoms with Gasteiger partial charge in [-0.2, -0.15) is 13.2 Å². The molecule has 2 rings (SSSR count). The first-order valence-electron chi connectivity index (χ1n) is 6.07. The molecule has 0 spiro atoms. The number of hydrogen-bond donors (Lipinski definition) is 0. The lowest BCUT2D eigenvalue weighted by Gasteiger charge is -2.10. The van der Waals surface area contributed by atoms with Gasteiger partial charge in [-0.25, -0.2) is 0 Å². The number of non-ortho nitro benzene ring substituents is 1. The van der Waals surface area contributed by atoms with E-state index in [1.54, 1.807) is 0 Å². The zero-order valence-corrected chi connectivity index (χ0v) is 12.2. The van der Waals surface area contributed by atoms with Gasteiger partial charge in [-0.1, -0.05) is 11.6 Å². The predicted molar refractivity (Wildman–Crippen MR) is 76.3 cm³/mol. The zero-order chi connectivity index (χ0) is 18.1. The van der Waals surface area contributed by atoms with Gasteiger partial charge in [0.1, 0.15) is 5.75 Å². The Labute approximate surface area is 136 Å². The normalized spacial score (nSPS) is 11.2. The van der Waals surface area contributed by atoms with Gasteiger partial charge in [0, 0.05) is 18.2 Å². The quantitative estimate of drug-likeness (QED) is 0.565. The molecule has 2 aromatic rings. The molecule has 0 aliphatic heterocycles. The highest BCUT2D eigenvalue weighted by molar-refractivity contribution is 6.32. The SMILES string of the molecule is O=[N+]([O-])c1ccc(Oc2ccc(C(F)(F)F)cc2[N+](=O)[O-])c(Cl)c1. The molecule has 0 aliphatic rings. The van der Waals surface area contributed by atoms with Crippen LogP contribution in [-0.4, -0.2) is 9.85 Å². The van der Waals surface area contributed by atoms with Crippen LogP contribution in [0.25, 0.3) is 0 Å². The third-order valence-electron chi connectivity index (χ3n) is 2.83. The second kappa shape index (κ2) is 6.32. The van der Waals surface area contributed by atoms with Gasteiger partial charge in [0.15, 0.2) is 0 Å². The summed E-state index contributed by atoms with van der Waals surface area (Å²) in [6.07, 6.45) is -4.76. The summed E-state index contributed by atoms with van der Waals surface area (Å²) in [5.41, 5.74) is -2.47. The largest absolute Gasteiger partial charge is 0.449 e. The standard InChI is InChI=1S/C13H6ClF3N2O5/c14-9-6-8(18(20)21)2-4-11(9)24-12-3-1-7(13(15,16)17)5-10(12)19(22)23/h1-6H. The Balaban J connectivity index is 2.43. The number of ether oxygens (including phenoxy) is 1. The highest BCUT2D eigenvalue weighted by atomic mass is 35.5. The molecule has 0 amide bonds. The highest BCUT2D eigenvalue weighted by Crippen LogP contribution is 2.39. The molecule has 0 saturated carbocycles. The van der Waals surface area contributed by atoms with Crippen molar-refractivity contribution in [3.63, 3.8) is 0 Å². The van der Waals surface area contributed by atoms with Crippen molar-refractivity contribution in [2.45, 2.75) is 6.18 Å². The van der Waals surface area contributed by atoms with E-state index in [0.717, 1.165) is 24.3 Å². The van der Waals surface area contributed by atoms with E-state index >= 15 is 0 Å². The summed E-state index contributed by atoms with van der Waals surface area (Å²) in [4.78, 5) is 19.8. The van der Waals surface area contributed by atoms with E-state index in [0.29, 0.717) is 12.1 Å². The first-order valence-corrected chi connectivity index (χ1v) is 6.45. The van der Waals surface area contributed by atoms with E-state index in [1.165, 1.54) is 0 Å².